The maximum atomic E-state index is 13.1. The van der Waals surface area contributed by atoms with Crippen LogP contribution in [-0.4, -0.2) is 14.9 Å². The number of hydrogen-bond donors (Lipinski definition) is 0. The van der Waals surface area contributed by atoms with Crippen molar-refractivity contribution in [3.05, 3.63) is 73.6 Å². The lowest BCUT2D eigenvalue weighted by atomic mass is 9.70. The quantitative estimate of drug-likeness (QED) is 0.776. The Hall–Kier alpha value is -2.89. The number of aromatic nitrogens is 2. The number of ether oxygens (including phenoxy) is 1. The number of fused-ring (bicyclic) bond motifs is 1. The van der Waals surface area contributed by atoms with Crippen molar-refractivity contribution < 1.29 is 9.53 Å². The van der Waals surface area contributed by atoms with Gasteiger partial charge in [-0.3, -0.25) is 18.7 Å². The van der Waals surface area contributed by atoms with Crippen molar-refractivity contribution >= 4 is 5.78 Å². The van der Waals surface area contributed by atoms with Crippen LogP contribution < -0.4 is 16.0 Å². The van der Waals surface area contributed by atoms with E-state index >= 15 is 0 Å². The maximum absolute atomic E-state index is 13.1. The zero-order valence-electron chi connectivity index (χ0n) is 15.9. The van der Waals surface area contributed by atoms with Gasteiger partial charge in [0.25, 0.3) is 5.56 Å². The van der Waals surface area contributed by atoms with E-state index in [1.807, 2.05) is 44.2 Å². The van der Waals surface area contributed by atoms with E-state index in [2.05, 4.69) is 0 Å². The van der Waals surface area contributed by atoms with Crippen LogP contribution in [0, 0.1) is 5.41 Å². The topological polar surface area (TPSA) is 70.3 Å². The van der Waals surface area contributed by atoms with Crippen LogP contribution in [0.4, 0.5) is 0 Å². The minimum atomic E-state index is -0.529. The zero-order valence-corrected chi connectivity index (χ0v) is 15.9. The van der Waals surface area contributed by atoms with Crippen molar-refractivity contribution in [1.29, 1.82) is 0 Å². The number of hydrogen-bond acceptors (Lipinski definition) is 4. The molecule has 0 amide bonds. The normalized spacial score (nSPS) is 20.7. The van der Waals surface area contributed by atoms with E-state index in [1.54, 1.807) is 7.05 Å². The van der Waals surface area contributed by atoms with Crippen molar-refractivity contribution in [2.45, 2.75) is 32.6 Å². The highest BCUT2D eigenvalue weighted by Crippen LogP contribution is 2.48. The first kappa shape index (κ1) is 17.5. The van der Waals surface area contributed by atoms with Crippen LogP contribution in [0.5, 0.6) is 5.88 Å². The van der Waals surface area contributed by atoms with Gasteiger partial charge in [0, 0.05) is 32.5 Å². The Labute approximate surface area is 156 Å². The third kappa shape index (κ3) is 2.59. The number of ketones is 1. The summed E-state index contributed by atoms with van der Waals surface area (Å²) < 4.78 is 8.47. The van der Waals surface area contributed by atoms with Gasteiger partial charge < -0.3 is 4.74 Å². The molecule has 0 bridgehead atoms. The molecular weight excluding hydrogens is 344 g/mol. The van der Waals surface area contributed by atoms with Crippen molar-refractivity contribution in [2.75, 3.05) is 0 Å². The molecule has 0 saturated heterocycles. The number of nitrogens with zero attached hydrogens (tertiary/aromatic N) is 2. The van der Waals surface area contributed by atoms with Gasteiger partial charge in [0.2, 0.25) is 5.88 Å². The third-order valence-corrected chi connectivity index (χ3v) is 5.45. The summed E-state index contributed by atoms with van der Waals surface area (Å²) in [5.74, 6) is 0.276. The molecule has 0 N–H and O–H groups in total. The number of carbonyl (C=O) groups is 1. The SMILES string of the molecule is Cn1c2c(c(=O)n(C)c1=O)C(c1ccccc1)C1=C(CC(C)(C)CC1=O)O2. The van der Waals surface area contributed by atoms with E-state index < -0.39 is 17.2 Å². The van der Waals surface area contributed by atoms with E-state index in [-0.39, 0.29) is 17.1 Å². The predicted octanol–water partition coefficient (Wildman–Crippen LogP) is 2.25. The lowest BCUT2D eigenvalue weighted by molar-refractivity contribution is -0.118. The van der Waals surface area contributed by atoms with Gasteiger partial charge in [0.05, 0.1) is 11.5 Å². The summed E-state index contributed by atoms with van der Waals surface area (Å²) in [6.45, 7) is 4.04. The number of allylic oxidation sites excluding steroid dienone is 2. The summed E-state index contributed by atoms with van der Waals surface area (Å²) in [6, 6.07) is 9.47. The Balaban J connectivity index is 2.08. The smallest absolute Gasteiger partial charge is 0.333 e. The van der Waals surface area contributed by atoms with Crippen LogP contribution in [-0.2, 0) is 18.9 Å². The molecule has 2 aliphatic rings. The van der Waals surface area contributed by atoms with Crippen LogP contribution in [0.15, 0.2) is 51.3 Å². The van der Waals surface area contributed by atoms with Gasteiger partial charge >= 0.3 is 5.69 Å². The van der Waals surface area contributed by atoms with Gasteiger partial charge in [0.1, 0.15) is 5.76 Å². The minimum absolute atomic E-state index is 0.00309. The average molecular weight is 366 g/mol. The Bertz CT molecular complexity index is 1100. The highest BCUT2D eigenvalue weighted by Gasteiger charge is 2.44. The highest BCUT2D eigenvalue weighted by atomic mass is 16.5. The summed E-state index contributed by atoms with van der Waals surface area (Å²) in [5.41, 5.74) is 0.634. The lowest BCUT2D eigenvalue weighted by Gasteiger charge is -2.38. The summed E-state index contributed by atoms with van der Waals surface area (Å²) >= 11 is 0. The minimum Gasteiger partial charge on any atom is -0.444 e. The van der Waals surface area contributed by atoms with Gasteiger partial charge in [-0.1, -0.05) is 44.2 Å². The summed E-state index contributed by atoms with van der Waals surface area (Å²) in [7, 11) is 3.03. The molecule has 1 aliphatic carbocycles. The van der Waals surface area contributed by atoms with Crippen molar-refractivity contribution in [3.8, 4) is 5.88 Å². The first-order valence-electron chi connectivity index (χ1n) is 9.00. The standard InChI is InChI=1S/C21H22N2O4/c1-21(2)10-13(24)16-14(11-21)27-19-17(15(16)12-8-6-5-7-9-12)18(25)22(3)20(26)23(19)4/h5-9,15H,10-11H2,1-4H3. The molecule has 6 nitrogen and oxygen atoms in total. The molecule has 2 heterocycles. The molecule has 6 heteroatoms. The molecule has 140 valence electrons. The fraction of sp³-hybridized carbons (Fsp3) is 0.381. The molecule has 1 aromatic heterocycles. The Morgan fingerprint density at radius 2 is 1.67 bits per heavy atom. The van der Waals surface area contributed by atoms with Gasteiger partial charge in [-0.25, -0.2) is 4.79 Å². The molecule has 0 radical (unpaired) electrons. The van der Waals surface area contributed by atoms with E-state index in [4.69, 9.17) is 4.74 Å². The summed E-state index contributed by atoms with van der Waals surface area (Å²) in [5, 5.41) is 0. The second-order valence-electron chi connectivity index (χ2n) is 8.15. The maximum Gasteiger partial charge on any atom is 0.333 e. The number of carbonyl (C=O) groups excluding carboxylic acids is 1. The highest BCUT2D eigenvalue weighted by molar-refractivity contribution is 6.00. The van der Waals surface area contributed by atoms with Crippen molar-refractivity contribution in [1.82, 2.24) is 9.13 Å². The van der Waals surface area contributed by atoms with Crippen LogP contribution in [0.25, 0.3) is 0 Å². The fourth-order valence-electron chi connectivity index (χ4n) is 4.15. The molecule has 2 aromatic rings. The molecule has 1 atom stereocenters. The Kier molecular flexibility index (Phi) is 3.77. The largest absolute Gasteiger partial charge is 0.444 e. The lowest BCUT2D eigenvalue weighted by Crippen LogP contribution is -2.44. The molecule has 1 aromatic carbocycles. The van der Waals surface area contributed by atoms with E-state index in [0.29, 0.717) is 29.7 Å². The van der Waals surface area contributed by atoms with E-state index in [9.17, 15) is 14.4 Å². The predicted molar refractivity (Wildman–Crippen MR) is 101 cm³/mol. The molecule has 0 spiro atoms. The molecule has 1 aliphatic heterocycles. The molecule has 27 heavy (non-hydrogen) atoms. The van der Waals surface area contributed by atoms with Crippen molar-refractivity contribution in [2.24, 2.45) is 19.5 Å². The third-order valence-electron chi connectivity index (χ3n) is 5.45. The van der Waals surface area contributed by atoms with Gasteiger partial charge in [0.15, 0.2) is 5.78 Å². The monoisotopic (exact) mass is 366 g/mol. The van der Waals surface area contributed by atoms with Crippen molar-refractivity contribution in [3.63, 3.8) is 0 Å². The Morgan fingerprint density at radius 3 is 2.33 bits per heavy atom. The number of rotatable bonds is 1. The fourth-order valence-corrected chi connectivity index (χ4v) is 4.15. The van der Waals surface area contributed by atoms with Gasteiger partial charge in [-0.2, -0.15) is 0 Å². The second kappa shape index (κ2) is 5.81. The van der Waals surface area contributed by atoms with Crippen LogP contribution >= 0.6 is 0 Å². The van der Waals surface area contributed by atoms with E-state index in [0.717, 1.165) is 10.1 Å². The molecule has 0 saturated carbocycles. The van der Waals surface area contributed by atoms with Crippen LogP contribution in [0.1, 0.15) is 43.7 Å². The molecule has 1 unspecified atom stereocenters. The van der Waals surface area contributed by atoms with Crippen LogP contribution in [0.2, 0.25) is 0 Å². The summed E-state index contributed by atoms with van der Waals surface area (Å²) in [6.07, 6.45) is 0.986. The number of benzene rings is 1. The van der Waals surface area contributed by atoms with E-state index in [1.165, 1.54) is 11.6 Å². The summed E-state index contributed by atoms with van der Waals surface area (Å²) in [4.78, 5) is 38.5. The van der Waals surface area contributed by atoms with Gasteiger partial charge in [-0.15, -0.1) is 0 Å². The average Bonchev–Trinajstić information content (AvgIpc) is 2.62. The molecule has 0 fully saturated rings. The van der Waals surface area contributed by atoms with Gasteiger partial charge in [-0.05, 0) is 11.0 Å². The second-order valence-corrected chi connectivity index (χ2v) is 8.15. The first-order valence-corrected chi connectivity index (χ1v) is 9.00. The molecular formula is C21H22N2O4. The Morgan fingerprint density at radius 1 is 1.00 bits per heavy atom. The van der Waals surface area contributed by atoms with Crippen LogP contribution in [0.3, 0.4) is 0 Å². The molecule has 4 rings (SSSR count). The number of Topliss-reactive ketones (excluding diaryl/α,β-unsaturated/α-hetero) is 1. The first-order chi connectivity index (χ1) is 12.7. The zero-order chi connectivity index (χ0) is 19.5.